The molecular formula is C23H26N2O3. The number of para-hydroxylation sites is 1. The molecule has 5 heteroatoms. The van der Waals surface area contributed by atoms with Gasteiger partial charge < -0.3 is 9.47 Å². The molecular weight excluding hydrogens is 352 g/mol. The third-order valence-electron chi connectivity index (χ3n) is 4.26. The maximum Gasteiger partial charge on any atom is 0.279 e. The lowest BCUT2D eigenvalue weighted by Gasteiger charge is -2.11. The van der Waals surface area contributed by atoms with Crippen molar-refractivity contribution in [3.63, 3.8) is 0 Å². The molecule has 1 heterocycles. The Bertz CT molecular complexity index is 1100. The topological polar surface area (TPSA) is 56.2 Å². The van der Waals surface area contributed by atoms with Crippen LogP contribution in [0.1, 0.15) is 32.8 Å². The first-order chi connectivity index (χ1) is 13.7. The Hall–Kier alpha value is -3.21. The number of hydrogen-bond donors (Lipinski definition) is 1. The van der Waals surface area contributed by atoms with E-state index < -0.39 is 0 Å². The second kappa shape index (κ2) is 9.13. The van der Waals surface area contributed by atoms with Crippen LogP contribution in [-0.4, -0.2) is 23.0 Å². The lowest BCUT2D eigenvalue weighted by molar-refractivity contribution is 0.287. The Morgan fingerprint density at radius 2 is 1.68 bits per heavy atom. The summed E-state index contributed by atoms with van der Waals surface area (Å²) in [5.74, 6) is 1.38. The number of ether oxygens (including phenoxy) is 2. The van der Waals surface area contributed by atoms with E-state index in [9.17, 15) is 4.79 Å². The van der Waals surface area contributed by atoms with E-state index in [1.807, 2.05) is 81.5 Å². The van der Waals surface area contributed by atoms with Crippen LogP contribution >= 0.6 is 0 Å². The molecule has 0 spiro atoms. The molecule has 146 valence electrons. The standard InChI is InChI=1S/C23H26N2O3/c1-4-10-20-19(23(26)25(24-20)18-11-8-7-9-12-18)15-17-13-14-21(27-5-2)22(16-17)28-6-3/h7-16,24H,4-6H2,1-3H3. The van der Waals surface area contributed by atoms with E-state index in [0.717, 1.165) is 23.0 Å². The monoisotopic (exact) mass is 378 g/mol. The minimum Gasteiger partial charge on any atom is -0.490 e. The van der Waals surface area contributed by atoms with Crippen LogP contribution in [-0.2, 0) is 0 Å². The number of nitrogens with zero attached hydrogens (tertiary/aromatic N) is 1. The van der Waals surface area contributed by atoms with Crippen LogP contribution in [0.2, 0.25) is 0 Å². The first kappa shape index (κ1) is 19.5. The molecule has 0 aliphatic heterocycles. The number of benzene rings is 2. The average molecular weight is 378 g/mol. The fraction of sp³-hybridized carbons (Fsp3) is 0.261. The van der Waals surface area contributed by atoms with Crippen LogP contribution in [0.15, 0.2) is 53.3 Å². The summed E-state index contributed by atoms with van der Waals surface area (Å²) in [6, 6.07) is 15.3. The van der Waals surface area contributed by atoms with Gasteiger partial charge in [0.2, 0.25) is 0 Å². The summed E-state index contributed by atoms with van der Waals surface area (Å²) in [5.41, 5.74) is 1.60. The number of aromatic amines is 1. The third-order valence-corrected chi connectivity index (χ3v) is 4.26. The second-order valence-corrected chi connectivity index (χ2v) is 6.24. The molecule has 1 aromatic heterocycles. The van der Waals surface area contributed by atoms with Gasteiger partial charge in [-0.25, -0.2) is 4.68 Å². The van der Waals surface area contributed by atoms with Crippen LogP contribution in [0.5, 0.6) is 11.5 Å². The van der Waals surface area contributed by atoms with Gasteiger partial charge in [0.1, 0.15) is 0 Å². The molecule has 0 amide bonds. The molecule has 0 atom stereocenters. The van der Waals surface area contributed by atoms with Crippen LogP contribution < -0.4 is 25.6 Å². The van der Waals surface area contributed by atoms with E-state index in [1.165, 1.54) is 0 Å². The zero-order valence-electron chi connectivity index (χ0n) is 16.6. The van der Waals surface area contributed by atoms with Crippen molar-refractivity contribution in [2.75, 3.05) is 13.2 Å². The van der Waals surface area contributed by atoms with Crippen LogP contribution in [0.3, 0.4) is 0 Å². The van der Waals surface area contributed by atoms with Gasteiger partial charge in [0, 0.05) is 0 Å². The Kier molecular flexibility index (Phi) is 6.37. The van der Waals surface area contributed by atoms with Gasteiger partial charge in [0.25, 0.3) is 5.56 Å². The van der Waals surface area contributed by atoms with E-state index in [2.05, 4.69) is 5.10 Å². The Morgan fingerprint density at radius 3 is 2.36 bits per heavy atom. The summed E-state index contributed by atoms with van der Waals surface area (Å²) < 4.78 is 12.9. The molecule has 28 heavy (non-hydrogen) atoms. The zero-order valence-corrected chi connectivity index (χ0v) is 16.6. The summed E-state index contributed by atoms with van der Waals surface area (Å²) in [4.78, 5) is 13.1. The van der Waals surface area contributed by atoms with Crippen molar-refractivity contribution in [2.24, 2.45) is 0 Å². The Labute approximate surface area is 164 Å². The first-order valence-corrected chi connectivity index (χ1v) is 9.65. The highest BCUT2D eigenvalue weighted by atomic mass is 16.5. The molecule has 0 bridgehead atoms. The van der Waals surface area contributed by atoms with Gasteiger partial charge in [-0.05, 0) is 56.2 Å². The summed E-state index contributed by atoms with van der Waals surface area (Å²) >= 11 is 0. The zero-order chi connectivity index (χ0) is 19.9. The van der Waals surface area contributed by atoms with Crippen molar-refractivity contribution in [3.05, 3.63) is 75.0 Å². The summed E-state index contributed by atoms with van der Waals surface area (Å²) in [6.45, 7) is 7.04. The van der Waals surface area contributed by atoms with Gasteiger partial charge in [-0.15, -0.1) is 0 Å². The molecule has 2 aromatic carbocycles. The van der Waals surface area contributed by atoms with Gasteiger partial charge >= 0.3 is 0 Å². The predicted octanol–water partition coefficient (Wildman–Crippen LogP) is 2.98. The van der Waals surface area contributed by atoms with Crippen molar-refractivity contribution in [1.29, 1.82) is 0 Å². The average Bonchev–Trinajstić information content (AvgIpc) is 3.01. The minimum atomic E-state index is -0.0854. The fourth-order valence-corrected chi connectivity index (χ4v) is 3.05. The second-order valence-electron chi connectivity index (χ2n) is 6.24. The smallest absolute Gasteiger partial charge is 0.279 e. The molecule has 5 nitrogen and oxygen atoms in total. The largest absolute Gasteiger partial charge is 0.490 e. The Balaban J connectivity index is 2.16. The Morgan fingerprint density at radius 1 is 0.964 bits per heavy atom. The number of hydrogen-bond acceptors (Lipinski definition) is 3. The van der Waals surface area contributed by atoms with Gasteiger partial charge in [-0.3, -0.25) is 9.89 Å². The molecule has 0 saturated carbocycles. The molecule has 0 unspecified atom stereocenters. The van der Waals surface area contributed by atoms with Crippen LogP contribution in [0, 0.1) is 0 Å². The molecule has 3 aromatic rings. The van der Waals surface area contributed by atoms with Gasteiger partial charge in [0.05, 0.1) is 29.5 Å². The van der Waals surface area contributed by atoms with E-state index in [0.29, 0.717) is 29.9 Å². The first-order valence-electron chi connectivity index (χ1n) is 9.65. The maximum atomic E-state index is 13.1. The fourth-order valence-electron chi connectivity index (χ4n) is 3.05. The highest BCUT2D eigenvalue weighted by Gasteiger charge is 2.08. The number of aromatic nitrogens is 2. The molecule has 0 radical (unpaired) electrons. The normalized spacial score (nSPS) is 12.4. The van der Waals surface area contributed by atoms with E-state index in [1.54, 1.807) is 4.68 Å². The van der Waals surface area contributed by atoms with E-state index >= 15 is 0 Å². The van der Waals surface area contributed by atoms with Crippen molar-refractivity contribution in [2.45, 2.75) is 27.2 Å². The molecule has 0 fully saturated rings. The molecule has 1 N–H and O–H groups in total. The molecule has 0 aliphatic carbocycles. The van der Waals surface area contributed by atoms with E-state index in [-0.39, 0.29) is 5.56 Å². The van der Waals surface area contributed by atoms with Crippen LogP contribution in [0.4, 0.5) is 0 Å². The minimum absolute atomic E-state index is 0.0854. The van der Waals surface area contributed by atoms with Crippen LogP contribution in [0.25, 0.3) is 17.8 Å². The van der Waals surface area contributed by atoms with Crippen molar-refractivity contribution in [1.82, 2.24) is 9.78 Å². The number of nitrogens with one attached hydrogen (secondary N) is 1. The van der Waals surface area contributed by atoms with E-state index in [4.69, 9.17) is 9.47 Å². The summed E-state index contributed by atoms with van der Waals surface area (Å²) in [7, 11) is 0. The summed E-state index contributed by atoms with van der Waals surface area (Å²) in [6.07, 6.45) is 4.73. The van der Waals surface area contributed by atoms with Gasteiger partial charge in [0.15, 0.2) is 11.5 Å². The van der Waals surface area contributed by atoms with Gasteiger partial charge in [-0.2, -0.15) is 0 Å². The maximum absolute atomic E-state index is 13.1. The molecule has 3 rings (SSSR count). The number of rotatable bonds is 7. The third kappa shape index (κ3) is 4.19. The highest BCUT2D eigenvalue weighted by Crippen LogP contribution is 2.28. The van der Waals surface area contributed by atoms with Crippen molar-refractivity contribution in [3.8, 4) is 17.2 Å². The molecule has 0 aliphatic rings. The summed E-state index contributed by atoms with van der Waals surface area (Å²) in [5, 5.41) is 4.65. The lowest BCUT2D eigenvalue weighted by atomic mass is 10.1. The van der Waals surface area contributed by atoms with Crippen molar-refractivity contribution < 1.29 is 9.47 Å². The predicted molar refractivity (Wildman–Crippen MR) is 113 cm³/mol. The van der Waals surface area contributed by atoms with Crippen molar-refractivity contribution >= 4 is 12.2 Å². The molecule has 0 saturated heterocycles. The van der Waals surface area contributed by atoms with Gasteiger partial charge in [-0.1, -0.05) is 37.3 Å². The number of H-pyrrole nitrogens is 1. The quantitative estimate of drug-likeness (QED) is 0.688. The SMILES string of the molecule is CCC=c1[nH]n(-c2ccccc2)c(=O)c1=Cc1ccc(OCC)c(OCC)c1. The lowest BCUT2D eigenvalue weighted by Crippen LogP contribution is -2.34. The highest BCUT2D eigenvalue weighted by molar-refractivity contribution is 5.56.